The summed E-state index contributed by atoms with van der Waals surface area (Å²) >= 11 is 0. The maximum Gasteiger partial charge on any atom is 0.336 e. The molecule has 0 unspecified atom stereocenters. The molecule has 0 saturated heterocycles. The van der Waals surface area contributed by atoms with Crippen LogP contribution in [0.2, 0.25) is 0 Å². The molecule has 0 aromatic heterocycles. The van der Waals surface area contributed by atoms with Crippen LogP contribution in [0.5, 0.6) is 0 Å². The van der Waals surface area contributed by atoms with Gasteiger partial charge in [-0.1, -0.05) is 6.92 Å². The second kappa shape index (κ2) is 4.21. The minimum Gasteiger partial charge on any atom is -0.478 e. The van der Waals surface area contributed by atoms with E-state index >= 15 is 0 Å². The van der Waals surface area contributed by atoms with Crippen molar-refractivity contribution in [3.8, 4) is 0 Å². The molecular weight excluding hydrogens is 235 g/mol. The van der Waals surface area contributed by atoms with Crippen molar-refractivity contribution in [2.24, 2.45) is 0 Å². The van der Waals surface area contributed by atoms with Gasteiger partial charge in [-0.15, -0.1) is 0 Å². The van der Waals surface area contributed by atoms with Gasteiger partial charge in [0.1, 0.15) is 10.7 Å². The first-order valence-corrected chi connectivity index (χ1v) is 6.43. The Labute approximate surface area is 92.6 Å². The van der Waals surface area contributed by atoms with Crippen LogP contribution in [0.3, 0.4) is 0 Å². The average Bonchev–Trinajstić information content (AvgIpc) is 2.14. The molecule has 1 aromatic rings. The number of halogens is 1. The Morgan fingerprint density at radius 2 is 2.00 bits per heavy atom. The molecule has 88 valence electrons. The lowest BCUT2D eigenvalue weighted by Gasteiger charge is -2.08. The predicted octanol–water partition coefficient (Wildman–Crippen LogP) is 1.49. The maximum atomic E-state index is 13.7. The van der Waals surface area contributed by atoms with E-state index in [4.69, 9.17) is 5.11 Å². The Kier molecular flexibility index (Phi) is 3.32. The molecule has 0 amide bonds. The molecule has 0 bridgehead atoms. The van der Waals surface area contributed by atoms with Crippen molar-refractivity contribution in [2.75, 3.05) is 6.26 Å². The molecule has 0 heterocycles. The van der Waals surface area contributed by atoms with Crippen molar-refractivity contribution in [3.05, 3.63) is 29.1 Å². The maximum absolute atomic E-state index is 13.7. The normalized spacial score (nSPS) is 11.4. The zero-order valence-electron chi connectivity index (χ0n) is 8.82. The summed E-state index contributed by atoms with van der Waals surface area (Å²) in [5, 5.41) is 8.80. The molecule has 0 spiro atoms. The van der Waals surface area contributed by atoms with Crippen LogP contribution in [0, 0.1) is 5.82 Å². The number of sulfone groups is 1. The summed E-state index contributed by atoms with van der Waals surface area (Å²) in [6.07, 6.45) is 1.00. The van der Waals surface area contributed by atoms with Crippen molar-refractivity contribution in [1.82, 2.24) is 0 Å². The number of benzene rings is 1. The zero-order valence-corrected chi connectivity index (χ0v) is 9.64. The van der Waals surface area contributed by atoms with Crippen molar-refractivity contribution < 1.29 is 22.7 Å². The Morgan fingerprint density at radius 1 is 1.44 bits per heavy atom. The molecule has 1 rings (SSSR count). The van der Waals surface area contributed by atoms with Gasteiger partial charge in [0.15, 0.2) is 9.84 Å². The van der Waals surface area contributed by atoms with Gasteiger partial charge in [-0.3, -0.25) is 0 Å². The molecule has 1 N–H and O–H groups in total. The smallest absolute Gasteiger partial charge is 0.336 e. The van der Waals surface area contributed by atoms with Crippen molar-refractivity contribution in [1.29, 1.82) is 0 Å². The van der Waals surface area contributed by atoms with Crippen LogP contribution < -0.4 is 0 Å². The molecule has 0 aliphatic heterocycles. The van der Waals surface area contributed by atoms with E-state index in [1.807, 2.05) is 0 Å². The van der Waals surface area contributed by atoms with Gasteiger partial charge in [0, 0.05) is 11.8 Å². The van der Waals surface area contributed by atoms with E-state index in [0.717, 1.165) is 18.4 Å². The van der Waals surface area contributed by atoms with Gasteiger partial charge < -0.3 is 5.11 Å². The minimum atomic E-state index is -3.68. The number of hydrogen-bond donors (Lipinski definition) is 1. The van der Waals surface area contributed by atoms with E-state index in [9.17, 15) is 17.6 Å². The molecule has 0 atom stereocenters. The highest BCUT2D eigenvalue weighted by Gasteiger charge is 2.21. The van der Waals surface area contributed by atoms with Crippen molar-refractivity contribution in [3.63, 3.8) is 0 Å². The summed E-state index contributed by atoms with van der Waals surface area (Å²) in [7, 11) is -3.68. The van der Waals surface area contributed by atoms with Crippen molar-refractivity contribution >= 4 is 15.8 Å². The van der Waals surface area contributed by atoms with E-state index in [1.54, 1.807) is 6.92 Å². The molecule has 0 saturated carbocycles. The third kappa shape index (κ3) is 2.21. The highest BCUT2D eigenvalue weighted by Crippen LogP contribution is 2.22. The van der Waals surface area contributed by atoms with Gasteiger partial charge in [-0.25, -0.2) is 17.6 Å². The first kappa shape index (κ1) is 12.6. The van der Waals surface area contributed by atoms with Gasteiger partial charge in [0.2, 0.25) is 0 Å². The molecule has 6 heteroatoms. The topological polar surface area (TPSA) is 71.4 Å². The monoisotopic (exact) mass is 246 g/mol. The van der Waals surface area contributed by atoms with Crippen LogP contribution in [-0.4, -0.2) is 25.7 Å². The van der Waals surface area contributed by atoms with Gasteiger partial charge in [-0.05, 0) is 18.6 Å². The third-order valence-electron chi connectivity index (χ3n) is 2.19. The second-order valence-corrected chi connectivity index (χ2v) is 5.32. The van der Waals surface area contributed by atoms with Crippen LogP contribution in [0.15, 0.2) is 17.0 Å². The van der Waals surface area contributed by atoms with E-state index in [0.29, 0.717) is 0 Å². The molecule has 0 aliphatic carbocycles. The minimum absolute atomic E-state index is 0.0876. The molecule has 16 heavy (non-hydrogen) atoms. The first-order valence-electron chi connectivity index (χ1n) is 4.53. The quantitative estimate of drug-likeness (QED) is 0.877. The highest BCUT2D eigenvalue weighted by molar-refractivity contribution is 7.90. The van der Waals surface area contributed by atoms with Crippen LogP contribution in [0.25, 0.3) is 0 Å². The third-order valence-corrected chi connectivity index (χ3v) is 3.31. The zero-order chi connectivity index (χ0) is 12.5. The fraction of sp³-hybridized carbons (Fsp3) is 0.300. The van der Waals surface area contributed by atoms with Gasteiger partial charge in [0.05, 0.1) is 5.56 Å². The number of hydrogen-bond acceptors (Lipinski definition) is 3. The number of carbonyl (C=O) groups is 1. The Bertz CT molecular complexity index is 534. The summed E-state index contributed by atoms with van der Waals surface area (Å²) in [5.41, 5.74) is -0.289. The molecule has 0 aliphatic rings. The van der Waals surface area contributed by atoms with Gasteiger partial charge in [0.25, 0.3) is 0 Å². The summed E-state index contributed by atoms with van der Waals surface area (Å²) in [6.45, 7) is 1.57. The standard InChI is InChI=1S/C10H11FO4S/c1-3-6-7(10(12)13)4-5-8(9(6)11)16(2,14)15/h4-5H,3H2,1-2H3,(H,12,13). The van der Waals surface area contributed by atoms with Crippen LogP contribution in [0.1, 0.15) is 22.8 Å². The fourth-order valence-corrected chi connectivity index (χ4v) is 2.20. The Morgan fingerprint density at radius 3 is 2.38 bits per heavy atom. The lowest BCUT2D eigenvalue weighted by molar-refractivity contribution is 0.0695. The van der Waals surface area contributed by atoms with Crippen molar-refractivity contribution in [2.45, 2.75) is 18.2 Å². The largest absolute Gasteiger partial charge is 0.478 e. The van der Waals surface area contributed by atoms with E-state index in [1.165, 1.54) is 0 Å². The average molecular weight is 246 g/mol. The van der Waals surface area contributed by atoms with E-state index < -0.39 is 26.5 Å². The van der Waals surface area contributed by atoms with Crippen LogP contribution >= 0.6 is 0 Å². The number of carboxylic acids is 1. The summed E-state index contributed by atoms with van der Waals surface area (Å²) in [6, 6.07) is 2.09. The molecule has 0 radical (unpaired) electrons. The highest BCUT2D eigenvalue weighted by atomic mass is 32.2. The number of carboxylic acid groups (broad SMARTS) is 1. The predicted molar refractivity (Wildman–Crippen MR) is 55.8 cm³/mol. The summed E-state index contributed by atoms with van der Waals surface area (Å²) in [5.74, 6) is -2.24. The SMILES string of the molecule is CCc1c(C(=O)O)ccc(S(C)(=O)=O)c1F. The van der Waals surface area contributed by atoms with E-state index in [2.05, 4.69) is 0 Å². The Hall–Kier alpha value is -1.43. The van der Waals surface area contributed by atoms with Crippen LogP contribution in [-0.2, 0) is 16.3 Å². The number of aromatic carboxylic acids is 1. The summed E-state index contributed by atoms with van der Waals surface area (Å²) in [4.78, 5) is 10.3. The summed E-state index contributed by atoms with van der Waals surface area (Å²) < 4.78 is 36.2. The molecule has 0 fully saturated rings. The molecule has 1 aromatic carbocycles. The fourth-order valence-electron chi connectivity index (χ4n) is 1.43. The molecule has 4 nitrogen and oxygen atoms in total. The van der Waals surface area contributed by atoms with Crippen LogP contribution in [0.4, 0.5) is 4.39 Å². The Balaban J connectivity index is 3.59. The lowest BCUT2D eigenvalue weighted by Crippen LogP contribution is -2.09. The first-order chi connectivity index (χ1) is 7.29. The van der Waals surface area contributed by atoms with E-state index in [-0.39, 0.29) is 17.5 Å². The second-order valence-electron chi connectivity index (χ2n) is 3.33. The van der Waals surface area contributed by atoms with Gasteiger partial charge in [-0.2, -0.15) is 0 Å². The molecular formula is C10H11FO4S. The lowest BCUT2D eigenvalue weighted by atomic mass is 10.0. The number of rotatable bonds is 3. The van der Waals surface area contributed by atoms with Gasteiger partial charge >= 0.3 is 5.97 Å².